The molecule has 0 unspecified atom stereocenters. The van der Waals surface area contributed by atoms with Crippen molar-refractivity contribution in [3.05, 3.63) is 35.9 Å². The van der Waals surface area contributed by atoms with E-state index in [1.165, 1.54) is 7.11 Å². The van der Waals surface area contributed by atoms with Gasteiger partial charge in [-0.2, -0.15) is 5.26 Å². The standard InChI is InChI=1S/C13H11N3O2/c1-18-11(17)10-9-4-2-3-7-16(9)12(15-10)13(8-14)5-6-13/h2-4,7H,5-6H2,1H3. The smallest absolute Gasteiger partial charge is 0.358 e. The number of methoxy groups -OCH3 is 1. The van der Waals surface area contributed by atoms with Crippen LogP contribution in [0.1, 0.15) is 29.2 Å². The van der Waals surface area contributed by atoms with Gasteiger partial charge >= 0.3 is 5.97 Å². The average molecular weight is 241 g/mol. The molecule has 0 spiro atoms. The molecular weight excluding hydrogens is 230 g/mol. The van der Waals surface area contributed by atoms with E-state index in [4.69, 9.17) is 4.74 Å². The highest BCUT2D eigenvalue weighted by Crippen LogP contribution is 2.47. The minimum Gasteiger partial charge on any atom is -0.464 e. The summed E-state index contributed by atoms with van der Waals surface area (Å²) in [5.74, 6) is 0.166. The Kier molecular flexibility index (Phi) is 2.14. The Hall–Kier alpha value is -2.35. The number of ether oxygens (including phenoxy) is 1. The van der Waals surface area contributed by atoms with Crippen molar-refractivity contribution in [2.45, 2.75) is 18.3 Å². The van der Waals surface area contributed by atoms with Crippen LogP contribution in [0.3, 0.4) is 0 Å². The molecule has 0 atom stereocenters. The van der Waals surface area contributed by atoms with Crippen molar-refractivity contribution in [2.75, 3.05) is 7.11 Å². The van der Waals surface area contributed by atoms with Gasteiger partial charge in [0.2, 0.25) is 0 Å². The fraction of sp³-hybridized carbons (Fsp3) is 0.308. The van der Waals surface area contributed by atoms with Gasteiger partial charge in [0.25, 0.3) is 0 Å². The van der Waals surface area contributed by atoms with Crippen LogP contribution >= 0.6 is 0 Å². The predicted molar refractivity (Wildman–Crippen MR) is 63.1 cm³/mol. The van der Waals surface area contributed by atoms with Crippen molar-refractivity contribution in [3.63, 3.8) is 0 Å². The second-order valence-electron chi connectivity index (χ2n) is 4.43. The highest BCUT2D eigenvalue weighted by atomic mass is 16.5. The Morgan fingerprint density at radius 1 is 1.56 bits per heavy atom. The molecular formula is C13H11N3O2. The molecule has 1 aliphatic carbocycles. The number of hydrogen-bond acceptors (Lipinski definition) is 4. The summed E-state index contributed by atoms with van der Waals surface area (Å²) in [6.07, 6.45) is 3.40. The molecule has 5 heteroatoms. The van der Waals surface area contributed by atoms with Gasteiger partial charge in [-0.1, -0.05) is 6.07 Å². The molecule has 0 saturated heterocycles. The van der Waals surface area contributed by atoms with Crippen LogP contribution in [0, 0.1) is 11.3 Å². The lowest BCUT2D eigenvalue weighted by Gasteiger charge is -2.03. The van der Waals surface area contributed by atoms with Crippen molar-refractivity contribution >= 4 is 11.5 Å². The fourth-order valence-electron chi connectivity index (χ4n) is 2.13. The summed E-state index contributed by atoms with van der Waals surface area (Å²) in [6.45, 7) is 0. The maximum Gasteiger partial charge on any atom is 0.358 e. The Bertz CT molecular complexity index is 677. The van der Waals surface area contributed by atoms with Gasteiger partial charge in [-0.25, -0.2) is 9.78 Å². The number of nitriles is 1. The summed E-state index contributed by atoms with van der Waals surface area (Å²) >= 11 is 0. The van der Waals surface area contributed by atoms with Crippen LogP contribution in [0.5, 0.6) is 0 Å². The molecule has 1 aliphatic rings. The van der Waals surface area contributed by atoms with E-state index in [1.807, 2.05) is 22.7 Å². The summed E-state index contributed by atoms with van der Waals surface area (Å²) in [6, 6.07) is 7.78. The summed E-state index contributed by atoms with van der Waals surface area (Å²) in [5.41, 5.74) is 0.423. The van der Waals surface area contributed by atoms with Gasteiger partial charge in [0.15, 0.2) is 5.69 Å². The van der Waals surface area contributed by atoms with E-state index in [1.54, 1.807) is 6.07 Å². The number of nitrogens with zero attached hydrogens (tertiary/aromatic N) is 3. The number of aromatic nitrogens is 2. The SMILES string of the molecule is COC(=O)c1nc(C2(C#N)CC2)n2ccccc12. The summed E-state index contributed by atoms with van der Waals surface area (Å²) in [7, 11) is 1.33. The maximum absolute atomic E-state index is 11.7. The van der Waals surface area contributed by atoms with Gasteiger partial charge in [-0.15, -0.1) is 0 Å². The van der Waals surface area contributed by atoms with Crippen molar-refractivity contribution in [2.24, 2.45) is 0 Å². The lowest BCUT2D eigenvalue weighted by molar-refractivity contribution is 0.0597. The van der Waals surface area contributed by atoms with Gasteiger partial charge in [-0.05, 0) is 25.0 Å². The molecule has 0 aromatic carbocycles. The molecule has 2 heterocycles. The van der Waals surface area contributed by atoms with Crippen molar-refractivity contribution in [3.8, 4) is 6.07 Å². The summed E-state index contributed by atoms with van der Waals surface area (Å²) in [4.78, 5) is 16.0. The molecule has 2 aromatic rings. The largest absolute Gasteiger partial charge is 0.464 e. The third-order valence-electron chi connectivity index (χ3n) is 3.32. The van der Waals surface area contributed by atoms with E-state index in [2.05, 4.69) is 11.1 Å². The first-order chi connectivity index (χ1) is 8.72. The molecule has 0 amide bonds. The topological polar surface area (TPSA) is 67.4 Å². The Labute approximate surface area is 104 Å². The van der Waals surface area contributed by atoms with E-state index in [0.29, 0.717) is 11.3 Å². The first-order valence-corrected chi connectivity index (χ1v) is 5.69. The van der Waals surface area contributed by atoms with Gasteiger partial charge in [-0.3, -0.25) is 0 Å². The number of pyridine rings is 1. The molecule has 0 bridgehead atoms. The molecule has 5 nitrogen and oxygen atoms in total. The minimum atomic E-state index is -0.531. The molecule has 1 saturated carbocycles. The number of rotatable bonds is 2. The Morgan fingerprint density at radius 2 is 2.33 bits per heavy atom. The van der Waals surface area contributed by atoms with Crippen LogP contribution in [0.25, 0.3) is 5.52 Å². The van der Waals surface area contributed by atoms with Gasteiger partial charge in [0.05, 0.1) is 18.7 Å². The van der Waals surface area contributed by atoms with E-state index >= 15 is 0 Å². The minimum absolute atomic E-state index is 0.273. The zero-order valence-corrected chi connectivity index (χ0v) is 9.88. The molecule has 1 fully saturated rings. The van der Waals surface area contributed by atoms with Crippen LogP contribution in [0.4, 0.5) is 0 Å². The van der Waals surface area contributed by atoms with Crippen LogP contribution in [0.15, 0.2) is 24.4 Å². The second kappa shape index (κ2) is 3.57. The normalized spacial score (nSPS) is 16.2. The Balaban J connectivity index is 2.28. The number of esters is 1. The monoisotopic (exact) mass is 241 g/mol. The predicted octanol–water partition coefficient (Wildman–Crippen LogP) is 1.68. The molecule has 0 radical (unpaired) electrons. The molecule has 0 aliphatic heterocycles. The van der Waals surface area contributed by atoms with Crippen LogP contribution in [-0.4, -0.2) is 22.5 Å². The first kappa shape index (κ1) is 10.8. The number of carbonyl (C=O) groups is 1. The van der Waals surface area contributed by atoms with E-state index < -0.39 is 11.4 Å². The van der Waals surface area contributed by atoms with E-state index in [-0.39, 0.29) is 5.69 Å². The summed E-state index contributed by atoms with van der Waals surface area (Å²) < 4.78 is 6.53. The molecule has 18 heavy (non-hydrogen) atoms. The van der Waals surface area contributed by atoms with Gasteiger partial charge in [0, 0.05) is 6.20 Å². The lowest BCUT2D eigenvalue weighted by atomic mass is 10.1. The van der Waals surface area contributed by atoms with Gasteiger partial charge < -0.3 is 9.14 Å². The van der Waals surface area contributed by atoms with Crippen LogP contribution < -0.4 is 0 Å². The lowest BCUT2D eigenvalue weighted by Crippen LogP contribution is -2.09. The third kappa shape index (κ3) is 1.32. The van der Waals surface area contributed by atoms with Crippen molar-refractivity contribution < 1.29 is 9.53 Å². The number of carbonyl (C=O) groups excluding carboxylic acids is 1. The first-order valence-electron chi connectivity index (χ1n) is 5.69. The maximum atomic E-state index is 11.7. The highest BCUT2D eigenvalue weighted by molar-refractivity contribution is 5.95. The molecule has 0 N–H and O–H groups in total. The number of imidazole rings is 1. The zero-order chi connectivity index (χ0) is 12.8. The highest BCUT2D eigenvalue weighted by Gasteiger charge is 2.49. The number of hydrogen-bond donors (Lipinski definition) is 0. The zero-order valence-electron chi connectivity index (χ0n) is 9.88. The van der Waals surface area contributed by atoms with Crippen LogP contribution in [-0.2, 0) is 10.2 Å². The van der Waals surface area contributed by atoms with Crippen molar-refractivity contribution in [1.29, 1.82) is 5.26 Å². The fourth-order valence-corrected chi connectivity index (χ4v) is 2.13. The van der Waals surface area contributed by atoms with E-state index in [0.717, 1.165) is 12.8 Å². The second-order valence-corrected chi connectivity index (χ2v) is 4.43. The van der Waals surface area contributed by atoms with Gasteiger partial charge in [0.1, 0.15) is 11.2 Å². The van der Waals surface area contributed by atoms with Crippen molar-refractivity contribution in [1.82, 2.24) is 9.38 Å². The Morgan fingerprint density at radius 3 is 2.94 bits per heavy atom. The number of fused-ring (bicyclic) bond motifs is 1. The molecule has 3 rings (SSSR count). The quantitative estimate of drug-likeness (QED) is 0.750. The van der Waals surface area contributed by atoms with Crippen LogP contribution in [0.2, 0.25) is 0 Å². The molecule has 2 aromatic heterocycles. The third-order valence-corrected chi connectivity index (χ3v) is 3.32. The average Bonchev–Trinajstić information content (AvgIpc) is 3.12. The van der Waals surface area contributed by atoms with E-state index in [9.17, 15) is 10.1 Å². The molecule has 90 valence electrons. The summed E-state index contributed by atoms with van der Waals surface area (Å²) in [5, 5.41) is 9.25.